The Morgan fingerprint density at radius 1 is 1.15 bits per heavy atom. The highest BCUT2D eigenvalue weighted by molar-refractivity contribution is 9.10. The van der Waals surface area contributed by atoms with Crippen LogP contribution in [0.2, 0.25) is 10.0 Å². The molecule has 0 spiro atoms. The van der Waals surface area contributed by atoms with Crippen molar-refractivity contribution in [2.24, 2.45) is 0 Å². The van der Waals surface area contributed by atoms with Gasteiger partial charge in [0.25, 0.3) is 0 Å². The largest absolute Gasteiger partial charge is 0.313 e. The van der Waals surface area contributed by atoms with Gasteiger partial charge in [0.2, 0.25) is 0 Å². The minimum Gasteiger partial charge on any atom is -0.313 e. The Hall–Kier alpha value is -0.610. The number of hydrogen-bond acceptors (Lipinski definition) is 1. The molecule has 106 valence electrons. The van der Waals surface area contributed by atoms with Crippen LogP contribution in [-0.2, 0) is 6.42 Å². The van der Waals surface area contributed by atoms with Crippen molar-refractivity contribution < 1.29 is 4.39 Å². The van der Waals surface area contributed by atoms with Gasteiger partial charge in [-0.25, -0.2) is 4.39 Å². The fraction of sp³-hybridized carbons (Fsp3) is 0.200. The maximum atomic E-state index is 13.2. The second-order valence-corrected chi connectivity index (χ2v) is 6.14. The number of halogens is 4. The van der Waals surface area contributed by atoms with E-state index in [2.05, 4.69) is 21.2 Å². The Bertz CT molecular complexity index is 619. The first-order chi connectivity index (χ1) is 9.51. The summed E-state index contributed by atoms with van der Waals surface area (Å²) in [7, 11) is 1.88. The van der Waals surface area contributed by atoms with Crippen LogP contribution in [0.1, 0.15) is 17.2 Å². The topological polar surface area (TPSA) is 12.0 Å². The average molecular weight is 377 g/mol. The molecular formula is C15H13BrCl2FN. The lowest BCUT2D eigenvalue weighted by Gasteiger charge is -2.17. The average Bonchev–Trinajstić information content (AvgIpc) is 2.43. The van der Waals surface area contributed by atoms with Crippen LogP contribution in [0.15, 0.2) is 40.9 Å². The summed E-state index contributed by atoms with van der Waals surface area (Å²) >= 11 is 15.3. The van der Waals surface area contributed by atoms with Gasteiger partial charge in [-0.2, -0.15) is 0 Å². The first-order valence-corrected chi connectivity index (χ1v) is 7.62. The van der Waals surface area contributed by atoms with Gasteiger partial charge in [0.15, 0.2) is 0 Å². The zero-order valence-corrected chi connectivity index (χ0v) is 13.9. The summed E-state index contributed by atoms with van der Waals surface area (Å²) in [5.41, 5.74) is 2.04. The van der Waals surface area contributed by atoms with E-state index in [1.54, 1.807) is 12.1 Å². The second kappa shape index (κ2) is 6.90. The van der Waals surface area contributed by atoms with Gasteiger partial charge in [0.05, 0.1) is 10.0 Å². The minimum atomic E-state index is -0.400. The van der Waals surface area contributed by atoms with E-state index in [4.69, 9.17) is 23.2 Å². The van der Waals surface area contributed by atoms with E-state index in [9.17, 15) is 4.39 Å². The molecule has 0 saturated carbocycles. The van der Waals surface area contributed by atoms with Crippen LogP contribution in [-0.4, -0.2) is 7.05 Å². The van der Waals surface area contributed by atoms with Gasteiger partial charge in [-0.3, -0.25) is 0 Å². The van der Waals surface area contributed by atoms with E-state index in [0.717, 1.165) is 15.6 Å². The lowest BCUT2D eigenvalue weighted by molar-refractivity contribution is 0.589. The lowest BCUT2D eigenvalue weighted by Crippen LogP contribution is -2.18. The summed E-state index contributed by atoms with van der Waals surface area (Å²) in [6.07, 6.45) is 0.703. The van der Waals surface area contributed by atoms with Gasteiger partial charge in [-0.05, 0) is 64.8 Å². The van der Waals surface area contributed by atoms with Crippen LogP contribution >= 0.6 is 39.1 Å². The summed E-state index contributed by atoms with van der Waals surface area (Å²) in [5, 5.41) is 4.05. The molecule has 0 bridgehead atoms. The van der Waals surface area contributed by atoms with Crippen LogP contribution in [0.3, 0.4) is 0 Å². The third-order valence-corrected chi connectivity index (χ3v) is 4.64. The van der Waals surface area contributed by atoms with E-state index in [1.807, 2.05) is 25.2 Å². The molecule has 2 aromatic rings. The molecule has 0 amide bonds. The number of likely N-dealkylation sites (N-methyl/N-ethyl adjacent to an activating group) is 1. The zero-order valence-electron chi connectivity index (χ0n) is 10.8. The van der Waals surface area contributed by atoms with Gasteiger partial charge in [-0.15, -0.1) is 0 Å². The third kappa shape index (κ3) is 3.73. The highest BCUT2D eigenvalue weighted by Gasteiger charge is 2.12. The Morgan fingerprint density at radius 2 is 1.90 bits per heavy atom. The molecular weight excluding hydrogens is 364 g/mol. The molecule has 0 saturated heterocycles. The van der Waals surface area contributed by atoms with E-state index < -0.39 is 5.82 Å². The van der Waals surface area contributed by atoms with Crippen molar-refractivity contribution in [2.45, 2.75) is 12.5 Å². The second-order valence-electron chi connectivity index (χ2n) is 4.47. The van der Waals surface area contributed by atoms with E-state index in [-0.39, 0.29) is 11.1 Å². The fourth-order valence-corrected chi connectivity index (χ4v) is 2.66. The Balaban J connectivity index is 2.23. The van der Waals surface area contributed by atoms with Crippen molar-refractivity contribution in [3.63, 3.8) is 0 Å². The third-order valence-electron chi connectivity index (χ3n) is 3.12. The van der Waals surface area contributed by atoms with Crippen molar-refractivity contribution in [2.75, 3.05) is 7.05 Å². The Kier molecular flexibility index (Phi) is 5.44. The monoisotopic (exact) mass is 375 g/mol. The number of benzene rings is 2. The van der Waals surface area contributed by atoms with Gasteiger partial charge < -0.3 is 5.32 Å². The molecule has 5 heteroatoms. The quantitative estimate of drug-likeness (QED) is 0.753. The van der Waals surface area contributed by atoms with E-state index in [0.29, 0.717) is 11.4 Å². The molecule has 20 heavy (non-hydrogen) atoms. The van der Waals surface area contributed by atoms with Gasteiger partial charge in [0.1, 0.15) is 5.82 Å². The molecule has 0 aromatic heterocycles. The predicted molar refractivity (Wildman–Crippen MR) is 86.1 cm³/mol. The maximum Gasteiger partial charge on any atom is 0.141 e. The predicted octanol–water partition coefficient (Wildman–Crippen LogP) is 5.40. The molecule has 0 aliphatic carbocycles. The highest BCUT2D eigenvalue weighted by Crippen LogP contribution is 2.28. The minimum absolute atomic E-state index is 0.0853. The van der Waals surface area contributed by atoms with Gasteiger partial charge in [-0.1, -0.05) is 35.3 Å². The van der Waals surface area contributed by atoms with Crippen molar-refractivity contribution in [1.82, 2.24) is 5.32 Å². The molecule has 1 nitrogen and oxygen atoms in total. The molecule has 2 aromatic carbocycles. The maximum absolute atomic E-state index is 13.2. The summed E-state index contributed by atoms with van der Waals surface area (Å²) < 4.78 is 14.0. The molecule has 0 aliphatic heterocycles. The SMILES string of the molecule is CNC(Cc1ccc(F)c(Cl)c1)c1ccc(Br)c(Cl)c1. The molecule has 2 rings (SSSR count). The molecule has 0 fully saturated rings. The molecule has 1 unspecified atom stereocenters. The van der Waals surface area contributed by atoms with Crippen molar-refractivity contribution in [1.29, 1.82) is 0 Å². The number of nitrogens with one attached hydrogen (secondary N) is 1. The molecule has 0 aliphatic rings. The van der Waals surface area contributed by atoms with Crippen molar-refractivity contribution in [3.8, 4) is 0 Å². The van der Waals surface area contributed by atoms with Crippen LogP contribution in [0.25, 0.3) is 0 Å². The number of rotatable bonds is 4. The van der Waals surface area contributed by atoms with Crippen LogP contribution in [0.4, 0.5) is 4.39 Å². The summed E-state index contributed by atoms with van der Waals surface area (Å²) in [6.45, 7) is 0. The molecule has 1 atom stereocenters. The summed E-state index contributed by atoms with van der Waals surface area (Å²) in [6, 6.07) is 10.7. The van der Waals surface area contributed by atoms with Gasteiger partial charge in [0, 0.05) is 10.5 Å². The smallest absolute Gasteiger partial charge is 0.141 e. The molecule has 0 radical (unpaired) electrons. The van der Waals surface area contributed by atoms with Crippen LogP contribution in [0, 0.1) is 5.82 Å². The van der Waals surface area contributed by atoms with Crippen LogP contribution < -0.4 is 5.32 Å². The van der Waals surface area contributed by atoms with Crippen molar-refractivity contribution >= 4 is 39.1 Å². The zero-order chi connectivity index (χ0) is 14.7. The van der Waals surface area contributed by atoms with E-state index in [1.165, 1.54) is 6.07 Å². The Morgan fingerprint density at radius 3 is 2.50 bits per heavy atom. The van der Waals surface area contributed by atoms with Gasteiger partial charge >= 0.3 is 0 Å². The standard InChI is InChI=1S/C15H13BrCl2FN/c1-20-15(10-3-4-11(16)12(17)8-10)7-9-2-5-14(19)13(18)6-9/h2-6,8,15,20H,7H2,1H3. The van der Waals surface area contributed by atoms with Crippen molar-refractivity contribution in [3.05, 3.63) is 67.9 Å². The normalized spacial score (nSPS) is 12.4. The molecule has 0 heterocycles. The van der Waals surface area contributed by atoms with Crippen LogP contribution in [0.5, 0.6) is 0 Å². The molecule has 1 N–H and O–H groups in total. The Labute approximate surface area is 136 Å². The van der Waals surface area contributed by atoms with E-state index >= 15 is 0 Å². The number of hydrogen-bond donors (Lipinski definition) is 1. The first-order valence-electron chi connectivity index (χ1n) is 6.07. The summed E-state index contributed by atoms with van der Waals surface area (Å²) in [4.78, 5) is 0. The fourth-order valence-electron chi connectivity index (χ4n) is 2.02. The summed E-state index contributed by atoms with van der Waals surface area (Å²) in [5.74, 6) is -0.400. The first kappa shape index (κ1) is 15.8. The highest BCUT2D eigenvalue weighted by atomic mass is 79.9. The lowest BCUT2D eigenvalue weighted by atomic mass is 9.99.